The summed E-state index contributed by atoms with van der Waals surface area (Å²) in [5, 5.41) is 12.4. The summed E-state index contributed by atoms with van der Waals surface area (Å²) in [6, 6.07) is 15.9. The van der Waals surface area contributed by atoms with Gasteiger partial charge in [0.2, 0.25) is 5.95 Å². The number of benzene rings is 2. The molecule has 5 rings (SSSR count). The molecule has 1 fully saturated rings. The highest BCUT2D eigenvalue weighted by Crippen LogP contribution is 2.27. The van der Waals surface area contributed by atoms with Crippen molar-refractivity contribution in [1.29, 1.82) is 0 Å². The second-order valence-corrected chi connectivity index (χ2v) is 9.95. The van der Waals surface area contributed by atoms with Crippen LogP contribution < -0.4 is 10.6 Å². The molecule has 0 spiro atoms. The van der Waals surface area contributed by atoms with Crippen LogP contribution in [0.5, 0.6) is 0 Å². The topological polar surface area (TPSA) is 145 Å². The van der Waals surface area contributed by atoms with Crippen molar-refractivity contribution in [2.75, 3.05) is 17.7 Å². The van der Waals surface area contributed by atoms with Crippen molar-refractivity contribution in [2.24, 2.45) is 0 Å². The van der Waals surface area contributed by atoms with Crippen LogP contribution in [0.4, 0.5) is 16.6 Å². The molecule has 2 aromatic carbocycles. The number of aromatic nitrogens is 4. The van der Waals surface area contributed by atoms with Gasteiger partial charge in [-0.15, -0.1) is 0 Å². The molecule has 0 saturated carbocycles. The van der Waals surface area contributed by atoms with E-state index < -0.39 is 23.6 Å². The van der Waals surface area contributed by atoms with Crippen molar-refractivity contribution < 1.29 is 19.2 Å². The quantitative estimate of drug-likeness (QED) is 0.349. The normalized spacial score (nSPS) is 14.1. The summed E-state index contributed by atoms with van der Waals surface area (Å²) in [7, 11) is 1.38. The van der Waals surface area contributed by atoms with Crippen LogP contribution in [0.25, 0.3) is 16.7 Å². The van der Waals surface area contributed by atoms with Crippen molar-refractivity contribution in [3.05, 3.63) is 65.9 Å². The summed E-state index contributed by atoms with van der Waals surface area (Å²) in [4.78, 5) is 55.8. The summed E-state index contributed by atoms with van der Waals surface area (Å²) < 4.78 is 1.61. The molecule has 38 heavy (non-hydrogen) atoms. The number of anilines is 2. The first-order valence-corrected chi connectivity index (χ1v) is 11.9. The number of Topliss-reactive ketones (excluding diaryl/α,β-unsaturated/α-hetero) is 1. The lowest BCUT2D eigenvalue weighted by molar-refractivity contribution is -0.145. The number of aromatic amines is 1. The Morgan fingerprint density at radius 2 is 1.68 bits per heavy atom. The number of carbonyl (C=O) groups is 4. The Labute approximate surface area is 217 Å². The highest BCUT2D eigenvalue weighted by Gasteiger charge is 2.42. The van der Waals surface area contributed by atoms with Crippen LogP contribution in [0.1, 0.15) is 32.0 Å². The number of hydrogen-bond donors (Lipinski definition) is 3. The fraction of sp³-hybridized carbons (Fsp3) is 0.231. The SMILES string of the molecule is CN1C(=O)C(=O)C(=O)N1Cc1ccc(-n2nc(C(C)(C)C)cc2NC(=O)Nc2nc3ccccc3[nH]2)cc1. The molecule has 1 aliphatic rings. The number of para-hydroxylation sites is 2. The largest absolute Gasteiger partial charge is 0.327 e. The minimum Gasteiger partial charge on any atom is -0.324 e. The standard InChI is InChI=1S/C26H26N8O4/c1-26(2,3)19-13-20(29-25(38)30-24-27-17-7-5-6-8-18(17)28-24)34(31-19)16-11-9-15(10-12-16)14-33-23(37)21(35)22(36)32(33)4/h5-13H,14H2,1-4H3,(H3,27,28,29,30,38). The van der Waals surface area contributed by atoms with Gasteiger partial charge in [0.25, 0.3) is 0 Å². The molecule has 3 heterocycles. The molecule has 1 aliphatic heterocycles. The van der Waals surface area contributed by atoms with Crippen molar-refractivity contribution in [3.8, 4) is 5.69 Å². The maximum atomic E-state index is 12.8. The average Bonchev–Trinajstić information content (AvgIpc) is 3.53. The fourth-order valence-electron chi connectivity index (χ4n) is 4.00. The van der Waals surface area contributed by atoms with Crippen LogP contribution in [0.2, 0.25) is 0 Å². The van der Waals surface area contributed by atoms with Gasteiger partial charge in [-0.1, -0.05) is 45.0 Å². The number of carbonyl (C=O) groups excluding carboxylic acids is 4. The number of hydrazine groups is 1. The third-order valence-corrected chi connectivity index (χ3v) is 6.13. The maximum absolute atomic E-state index is 12.8. The highest BCUT2D eigenvalue weighted by molar-refractivity contribution is 6.65. The van der Waals surface area contributed by atoms with Crippen LogP contribution in [-0.4, -0.2) is 60.4 Å². The van der Waals surface area contributed by atoms with Crippen LogP contribution in [0, 0.1) is 0 Å². The molecule has 4 aromatic rings. The summed E-state index contributed by atoms with van der Waals surface area (Å²) >= 11 is 0. The summed E-state index contributed by atoms with van der Waals surface area (Å²) in [5.41, 5.74) is 3.39. The van der Waals surface area contributed by atoms with Gasteiger partial charge < -0.3 is 4.98 Å². The Morgan fingerprint density at radius 1 is 0.974 bits per heavy atom. The van der Waals surface area contributed by atoms with Crippen molar-refractivity contribution in [3.63, 3.8) is 0 Å². The van der Waals surface area contributed by atoms with Gasteiger partial charge in [-0.3, -0.25) is 25.0 Å². The molecule has 2 aromatic heterocycles. The van der Waals surface area contributed by atoms with E-state index in [0.717, 1.165) is 26.7 Å². The number of amides is 4. The minimum atomic E-state index is -1.05. The lowest BCUT2D eigenvalue weighted by Crippen LogP contribution is -2.37. The average molecular weight is 515 g/mol. The first-order valence-electron chi connectivity index (χ1n) is 11.9. The molecule has 1 saturated heterocycles. The van der Waals surface area contributed by atoms with E-state index in [1.165, 1.54) is 7.05 Å². The highest BCUT2D eigenvalue weighted by atomic mass is 16.2. The third-order valence-electron chi connectivity index (χ3n) is 6.13. The van der Waals surface area contributed by atoms with Crippen LogP contribution in [-0.2, 0) is 26.3 Å². The zero-order valence-electron chi connectivity index (χ0n) is 21.3. The van der Waals surface area contributed by atoms with Gasteiger partial charge in [0.1, 0.15) is 5.82 Å². The summed E-state index contributed by atoms with van der Waals surface area (Å²) in [5.74, 6) is -2.00. The first kappa shape index (κ1) is 24.7. The van der Waals surface area contributed by atoms with Gasteiger partial charge in [-0.25, -0.2) is 24.5 Å². The van der Waals surface area contributed by atoms with E-state index in [1.807, 2.05) is 45.0 Å². The Balaban J connectivity index is 1.37. The zero-order valence-corrected chi connectivity index (χ0v) is 21.3. The molecule has 0 unspecified atom stereocenters. The number of fused-ring (bicyclic) bond motifs is 1. The lowest BCUT2D eigenvalue weighted by Gasteiger charge is -2.22. The van der Waals surface area contributed by atoms with Gasteiger partial charge in [0.15, 0.2) is 0 Å². The molecule has 0 radical (unpaired) electrons. The van der Waals surface area contributed by atoms with E-state index in [1.54, 1.807) is 35.0 Å². The lowest BCUT2D eigenvalue weighted by atomic mass is 9.92. The van der Waals surface area contributed by atoms with Crippen molar-refractivity contribution in [1.82, 2.24) is 29.8 Å². The van der Waals surface area contributed by atoms with Crippen molar-refractivity contribution in [2.45, 2.75) is 32.7 Å². The Hall–Kier alpha value is -5.00. The van der Waals surface area contributed by atoms with Gasteiger partial charge in [-0.05, 0) is 29.8 Å². The van der Waals surface area contributed by atoms with E-state index in [9.17, 15) is 19.2 Å². The number of ketones is 1. The van der Waals surface area contributed by atoms with E-state index in [4.69, 9.17) is 5.10 Å². The predicted octanol–water partition coefficient (Wildman–Crippen LogP) is 2.97. The van der Waals surface area contributed by atoms with Crippen molar-refractivity contribution >= 4 is 46.4 Å². The summed E-state index contributed by atoms with van der Waals surface area (Å²) in [6.07, 6.45) is 0. The Morgan fingerprint density at radius 3 is 2.32 bits per heavy atom. The Kier molecular flexibility index (Phi) is 5.94. The van der Waals surface area contributed by atoms with E-state index in [0.29, 0.717) is 23.0 Å². The number of urea groups is 1. The second-order valence-electron chi connectivity index (χ2n) is 9.95. The molecular formula is C26H26N8O4. The van der Waals surface area contributed by atoms with Gasteiger partial charge in [0.05, 0.1) is 29.0 Å². The molecule has 0 bridgehead atoms. The monoisotopic (exact) mass is 514 g/mol. The van der Waals surface area contributed by atoms with Gasteiger partial charge >= 0.3 is 23.6 Å². The molecule has 194 valence electrons. The van der Waals surface area contributed by atoms with E-state index in [2.05, 4.69) is 20.6 Å². The maximum Gasteiger partial charge on any atom is 0.327 e. The fourth-order valence-corrected chi connectivity index (χ4v) is 4.00. The van der Waals surface area contributed by atoms with Gasteiger partial charge in [-0.2, -0.15) is 5.10 Å². The zero-order chi connectivity index (χ0) is 27.2. The van der Waals surface area contributed by atoms with Crippen LogP contribution in [0.15, 0.2) is 54.6 Å². The smallest absolute Gasteiger partial charge is 0.324 e. The molecule has 12 heteroatoms. The summed E-state index contributed by atoms with van der Waals surface area (Å²) in [6.45, 7) is 6.12. The third kappa shape index (κ3) is 4.59. The molecule has 4 amide bonds. The number of H-pyrrole nitrogens is 1. The predicted molar refractivity (Wildman–Crippen MR) is 139 cm³/mol. The minimum absolute atomic E-state index is 0.0600. The number of nitrogens with one attached hydrogen (secondary N) is 3. The molecular weight excluding hydrogens is 488 g/mol. The van der Waals surface area contributed by atoms with E-state index >= 15 is 0 Å². The number of likely N-dealkylation sites (N-methyl/N-ethyl adjacent to an activating group) is 1. The first-order chi connectivity index (χ1) is 18.0. The number of rotatable bonds is 5. The molecule has 0 atom stereocenters. The second kappa shape index (κ2) is 9.14. The number of hydrogen-bond acceptors (Lipinski definition) is 6. The number of imidazole rings is 1. The molecule has 12 nitrogen and oxygen atoms in total. The number of nitrogens with zero attached hydrogens (tertiary/aromatic N) is 5. The van der Waals surface area contributed by atoms with Crippen LogP contribution in [0.3, 0.4) is 0 Å². The molecule has 0 aliphatic carbocycles. The van der Waals surface area contributed by atoms with E-state index in [-0.39, 0.29) is 12.0 Å². The van der Waals surface area contributed by atoms with Crippen LogP contribution >= 0.6 is 0 Å². The molecule has 3 N–H and O–H groups in total. The van der Waals surface area contributed by atoms with Gasteiger partial charge in [0, 0.05) is 18.5 Å². The Bertz CT molecular complexity index is 1550.